The number of fused-ring (bicyclic) bond motifs is 1. The van der Waals surface area contributed by atoms with Gasteiger partial charge in [-0.15, -0.1) is 11.3 Å². The van der Waals surface area contributed by atoms with Crippen molar-refractivity contribution in [3.63, 3.8) is 0 Å². The number of nitrogens with two attached hydrogens (primary N) is 1. The highest BCUT2D eigenvalue weighted by atomic mass is 32.1. The first-order valence-corrected chi connectivity index (χ1v) is 5.98. The van der Waals surface area contributed by atoms with Gasteiger partial charge in [0.05, 0.1) is 11.8 Å². The Balaban J connectivity index is 2.42. The van der Waals surface area contributed by atoms with Crippen molar-refractivity contribution in [2.75, 3.05) is 13.7 Å². The van der Waals surface area contributed by atoms with E-state index in [4.69, 9.17) is 10.5 Å². The highest BCUT2D eigenvalue weighted by molar-refractivity contribution is 7.17. The van der Waals surface area contributed by atoms with Crippen LogP contribution in [0.15, 0.2) is 23.6 Å². The van der Waals surface area contributed by atoms with Gasteiger partial charge in [0.15, 0.2) is 0 Å². The molecule has 0 bridgehead atoms. The van der Waals surface area contributed by atoms with Crippen LogP contribution < -0.4 is 10.5 Å². The summed E-state index contributed by atoms with van der Waals surface area (Å²) in [5.74, 6) is 0.969. The molecule has 2 aromatic rings. The van der Waals surface area contributed by atoms with Crippen molar-refractivity contribution in [3.05, 3.63) is 29.1 Å². The van der Waals surface area contributed by atoms with Gasteiger partial charge in [-0.2, -0.15) is 0 Å². The van der Waals surface area contributed by atoms with E-state index in [1.165, 1.54) is 15.6 Å². The van der Waals surface area contributed by atoms with E-state index in [0.29, 0.717) is 0 Å². The van der Waals surface area contributed by atoms with Crippen LogP contribution in [-0.2, 0) is 6.42 Å². The number of hydrogen-bond donors (Lipinski definition) is 1. The summed E-state index contributed by atoms with van der Waals surface area (Å²) in [6.45, 7) is 0.751. The molecule has 2 rings (SSSR count). The fourth-order valence-electron chi connectivity index (χ4n) is 1.73. The van der Waals surface area contributed by atoms with Crippen molar-refractivity contribution in [1.82, 2.24) is 0 Å². The molecule has 0 unspecified atom stereocenters. The Hall–Kier alpha value is -1.06. The Morgan fingerprint density at radius 1 is 1.40 bits per heavy atom. The molecule has 1 aromatic heterocycles. The Bertz CT molecular complexity index is 450. The SMILES string of the molecule is COc1cccc2c(CCCN)csc12. The van der Waals surface area contributed by atoms with Crippen LogP contribution in [0.1, 0.15) is 12.0 Å². The number of methoxy groups -OCH3 is 1. The van der Waals surface area contributed by atoms with Crippen molar-refractivity contribution in [2.45, 2.75) is 12.8 Å². The van der Waals surface area contributed by atoms with Gasteiger partial charge in [0.25, 0.3) is 0 Å². The standard InChI is InChI=1S/C12H15NOS/c1-14-11-6-2-5-10-9(4-3-7-13)8-15-12(10)11/h2,5-6,8H,3-4,7,13H2,1H3. The first kappa shape index (κ1) is 10.5. The molecule has 0 saturated heterocycles. The van der Waals surface area contributed by atoms with Gasteiger partial charge in [-0.3, -0.25) is 0 Å². The van der Waals surface area contributed by atoms with E-state index >= 15 is 0 Å². The maximum Gasteiger partial charge on any atom is 0.136 e. The second-order valence-corrected chi connectivity index (χ2v) is 4.37. The largest absolute Gasteiger partial charge is 0.495 e. The zero-order valence-corrected chi connectivity index (χ0v) is 9.64. The molecule has 0 aliphatic carbocycles. The average Bonchev–Trinajstić information content (AvgIpc) is 2.69. The summed E-state index contributed by atoms with van der Waals surface area (Å²) in [5.41, 5.74) is 6.91. The quantitative estimate of drug-likeness (QED) is 0.861. The number of ether oxygens (including phenoxy) is 1. The van der Waals surface area contributed by atoms with Gasteiger partial charge in [-0.05, 0) is 41.8 Å². The normalized spacial score (nSPS) is 10.8. The van der Waals surface area contributed by atoms with Crippen LogP contribution in [0.25, 0.3) is 10.1 Å². The molecule has 2 N–H and O–H groups in total. The van der Waals surface area contributed by atoms with Crippen LogP contribution in [0.4, 0.5) is 0 Å². The number of aryl methyl sites for hydroxylation is 1. The molecule has 1 aromatic carbocycles. The van der Waals surface area contributed by atoms with E-state index in [0.717, 1.165) is 25.1 Å². The molecule has 0 radical (unpaired) electrons. The highest BCUT2D eigenvalue weighted by Crippen LogP contribution is 2.33. The van der Waals surface area contributed by atoms with Gasteiger partial charge in [0, 0.05) is 0 Å². The molecule has 0 saturated carbocycles. The smallest absolute Gasteiger partial charge is 0.136 e. The lowest BCUT2D eigenvalue weighted by Gasteiger charge is -2.01. The number of benzene rings is 1. The van der Waals surface area contributed by atoms with Crippen LogP contribution in [0, 0.1) is 0 Å². The van der Waals surface area contributed by atoms with E-state index in [2.05, 4.69) is 11.4 Å². The minimum atomic E-state index is 0.751. The molecule has 0 aliphatic heterocycles. The molecule has 0 fully saturated rings. The van der Waals surface area contributed by atoms with Gasteiger partial charge in [-0.1, -0.05) is 12.1 Å². The zero-order chi connectivity index (χ0) is 10.7. The van der Waals surface area contributed by atoms with Gasteiger partial charge >= 0.3 is 0 Å². The maximum absolute atomic E-state index is 5.52. The zero-order valence-electron chi connectivity index (χ0n) is 8.82. The molecule has 1 heterocycles. The molecule has 80 valence electrons. The third-order valence-corrected chi connectivity index (χ3v) is 3.57. The van der Waals surface area contributed by atoms with E-state index in [1.807, 2.05) is 12.1 Å². The van der Waals surface area contributed by atoms with Crippen molar-refractivity contribution in [2.24, 2.45) is 5.73 Å². The van der Waals surface area contributed by atoms with Crippen LogP contribution in [-0.4, -0.2) is 13.7 Å². The Morgan fingerprint density at radius 3 is 3.00 bits per heavy atom. The summed E-state index contributed by atoms with van der Waals surface area (Å²) >= 11 is 1.75. The monoisotopic (exact) mass is 221 g/mol. The molecule has 0 atom stereocenters. The Labute approximate surface area is 93.7 Å². The van der Waals surface area contributed by atoms with Gasteiger partial charge in [0.1, 0.15) is 5.75 Å². The Morgan fingerprint density at radius 2 is 2.27 bits per heavy atom. The minimum Gasteiger partial charge on any atom is -0.495 e. The van der Waals surface area contributed by atoms with Gasteiger partial charge < -0.3 is 10.5 Å². The molecule has 3 heteroatoms. The second kappa shape index (κ2) is 4.64. The molecule has 0 spiro atoms. The average molecular weight is 221 g/mol. The van der Waals surface area contributed by atoms with Crippen LogP contribution in [0.2, 0.25) is 0 Å². The van der Waals surface area contributed by atoms with Crippen molar-refractivity contribution in [3.8, 4) is 5.75 Å². The van der Waals surface area contributed by atoms with Gasteiger partial charge in [0.2, 0.25) is 0 Å². The lowest BCUT2D eigenvalue weighted by atomic mass is 10.1. The summed E-state index contributed by atoms with van der Waals surface area (Å²) in [7, 11) is 1.72. The molecular formula is C12H15NOS. The van der Waals surface area contributed by atoms with E-state index in [1.54, 1.807) is 18.4 Å². The minimum absolute atomic E-state index is 0.751. The molecule has 15 heavy (non-hydrogen) atoms. The number of rotatable bonds is 4. The fraction of sp³-hybridized carbons (Fsp3) is 0.333. The third kappa shape index (κ3) is 1.98. The third-order valence-electron chi connectivity index (χ3n) is 2.51. The molecule has 0 aliphatic rings. The Kier molecular flexibility index (Phi) is 3.23. The fourth-order valence-corrected chi connectivity index (χ4v) is 2.83. The summed E-state index contributed by atoms with van der Waals surface area (Å²) in [6, 6.07) is 6.20. The second-order valence-electron chi connectivity index (χ2n) is 3.49. The predicted octanol–water partition coefficient (Wildman–Crippen LogP) is 2.80. The first-order chi connectivity index (χ1) is 7.36. The van der Waals surface area contributed by atoms with Crippen LogP contribution in [0.5, 0.6) is 5.75 Å². The molecular weight excluding hydrogens is 206 g/mol. The van der Waals surface area contributed by atoms with Gasteiger partial charge in [-0.25, -0.2) is 0 Å². The van der Waals surface area contributed by atoms with E-state index < -0.39 is 0 Å². The van der Waals surface area contributed by atoms with Crippen molar-refractivity contribution >= 4 is 21.4 Å². The van der Waals surface area contributed by atoms with Crippen LogP contribution >= 0.6 is 11.3 Å². The lowest BCUT2D eigenvalue weighted by Crippen LogP contribution is -1.99. The van der Waals surface area contributed by atoms with Crippen molar-refractivity contribution in [1.29, 1.82) is 0 Å². The topological polar surface area (TPSA) is 35.2 Å². The number of thiophene rings is 1. The molecule has 2 nitrogen and oxygen atoms in total. The summed E-state index contributed by atoms with van der Waals surface area (Å²) in [6.07, 6.45) is 2.10. The summed E-state index contributed by atoms with van der Waals surface area (Å²) in [4.78, 5) is 0. The lowest BCUT2D eigenvalue weighted by molar-refractivity contribution is 0.420. The van der Waals surface area contributed by atoms with Crippen molar-refractivity contribution < 1.29 is 4.74 Å². The van der Waals surface area contributed by atoms with E-state index in [9.17, 15) is 0 Å². The number of hydrogen-bond acceptors (Lipinski definition) is 3. The highest BCUT2D eigenvalue weighted by Gasteiger charge is 2.07. The first-order valence-electron chi connectivity index (χ1n) is 5.10. The summed E-state index contributed by atoms with van der Waals surface area (Å²) < 4.78 is 6.57. The van der Waals surface area contributed by atoms with E-state index in [-0.39, 0.29) is 0 Å². The maximum atomic E-state index is 5.52. The predicted molar refractivity (Wildman–Crippen MR) is 65.8 cm³/mol. The van der Waals surface area contributed by atoms with Crippen LogP contribution in [0.3, 0.4) is 0 Å². The molecule has 0 amide bonds. The summed E-state index contributed by atoms with van der Waals surface area (Å²) in [5, 5.41) is 3.52.